The first-order valence-electron chi connectivity index (χ1n) is 6.80. The van der Waals surface area contributed by atoms with E-state index < -0.39 is 48.3 Å². The summed E-state index contributed by atoms with van der Waals surface area (Å²) in [6.07, 6.45) is -4.47. The maximum Gasteiger partial charge on any atom is 0.352 e. The van der Waals surface area contributed by atoms with Crippen LogP contribution in [0.4, 0.5) is 0 Å². The van der Waals surface area contributed by atoms with Gasteiger partial charge < -0.3 is 18.9 Å². The Labute approximate surface area is 129 Å². The predicted molar refractivity (Wildman–Crippen MR) is 73.6 cm³/mol. The van der Waals surface area contributed by atoms with Crippen LogP contribution >= 0.6 is 0 Å². The van der Waals surface area contributed by atoms with Crippen LogP contribution in [0.2, 0.25) is 0 Å². The molecular formula is C14H22O8. The third kappa shape index (κ3) is 7.61. The molecule has 0 unspecified atom stereocenters. The average molecular weight is 318 g/mol. The van der Waals surface area contributed by atoms with E-state index in [0.717, 1.165) is 13.8 Å². The van der Waals surface area contributed by atoms with Crippen molar-refractivity contribution in [3.8, 4) is 0 Å². The minimum Gasteiger partial charge on any atom is -0.460 e. The quantitative estimate of drug-likeness (QED) is 0.500. The fourth-order valence-electron chi connectivity index (χ4n) is 1.42. The Morgan fingerprint density at radius 1 is 0.591 bits per heavy atom. The number of rotatable bonds is 7. The second-order valence-corrected chi connectivity index (χ2v) is 5.03. The molecule has 0 rings (SSSR count). The van der Waals surface area contributed by atoms with Gasteiger partial charge in [0.05, 0.1) is 12.2 Å². The molecule has 126 valence electrons. The van der Waals surface area contributed by atoms with Gasteiger partial charge in [0.15, 0.2) is 0 Å². The van der Waals surface area contributed by atoms with E-state index >= 15 is 0 Å². The minimum atomic E-state index is -1.73. The highest BCUT2D eigenvalue weighted by Gasteiger charge is 2.42. The molecule has 8 nitrogen and oxygen atoms in total. The van der Waals surface area contributed by atoms with Crippen LogP contribution in [-0.2, 0) is 38.1 Å². The van der Waals surface area contributed by atoms with Gasteiger partial charge in [0.2, 0.25) is 12.2 Å². The number of hydrogen-bond acceptors (Lipinski definition) is 8. The average Bonchev–Trinajstić information content (AvgIpc) is 2.30. The van der Waals surface area contributed by atoms with E-state index in [4.69, 9.17) is 18.9 Å². The van der Waals surface area contributed by atoms with Crippen LogP contribution in [0, 0.1) is 0 Å². The molecule has 0 aromatic carbocycles. The van der Waals surface area contributed by atoms with Gasteiger partial charge in [-0.15, -0.1) is 0 Å². The molecule has 0 radical (unpaired) electrons. The van der Waals surface area contributed by atoms with Crippen molar-refractivity contribution in [2.45, 2.75) is 66.0 Å². The lowest BCUT2D eigenvalue weighted by Crippen LogP contribution is -2.47. The molecule has 0 spiro atoms. The summed E-state index contributed by atoms with van der Waals surface area (Å²) in [7, 11) is 0. The molecule has 0 aliphatic carbocycles. The zero-order chi connectivity index (χ0) is 17.4. The van der Waals surface area contributed by atoms with Crippen molar-refractivity contribution < 1.29 is 38.1 Å². The lowest BCUT2D eigenvalue weighted by Gasteiger charge is -2.24. The highest BCUT2D eigenvalue weighted by Crippen LogP contribution is 2.12. The van der Waals surface area contributed by atoms with Crippen molar-refractivity contribution in [2.24, 2.45) is 0 Å². The lowest BCUT2D eigenvalue weighted by atomic mass is 10.2. The molecule has 0 fully saturated rings. The minimum absolute atomic E-state index is 0.510. The van der Waals surface area contributed by atoms with Crippen LogP contribution in [0.25, 0.3) is 0 Å². The fourth-order valence-corrected chi connectivity index (χ4v) is 1.42. The molecule has 2 atom stereocenters. The van der Waals surface area contributed by atoms with Crippen molar-refractivity contribution in [2.75, 3.05) is 0 Å². The summed E-state index contributed by atoms with van der Waals surface area (Å²) in [5.74, 6) is -3.67. The highest BCUT2D eigenvalue weighted by atomic mass is 16.6. The lowest BCUT2D eigenvalue weighted by molar-refractivity contribution is -0.193. The van der Waals surface area contributed by atoms with E-state index in [1.54, 1.807) is 27.7 Å². The van der Waals surface area contributed by atoms with Crippen molar-refractivity contribution in [3.63, 3.8) is 0 Å². The Morgan fingerprint density at radius 3 is 1.05 bits per heavy atom. The summed E-state index contributed by atoms with van der Waals surface area (Å²) in [6.45, 7) is 8.42. The monoisotopic (exact) mass is 318 g/mol. The van der Waals surface area contributed by atoms with E-state index in [9.17, 15) is 19.2 Å². The molecule has 0 amide bonds. The summed E-state index contributed by atoms with van der Waals surface area (Å²) >= 11 is 0. The van der Waals surface area contributed by atoms with Gasteiger partial charge in [-0.05, 0) is 27.7 Å². The van der Waals surface area contributed by atoms with Gasteiger partial charge in [-0.25, -0.2) is 9.59 Å². The maximum absolute atomic E-state index is 12.0. The molecule has 0 saturated heterocycles. The van der Waals surface area contributed by atoms with Gasteiger partial charge >= 0.3 is 23.9 Å². The first-order valence-corrected chi connectivity index (χ1v) is 6.80. The molecule has 0 aromatic heterocycles. The highest BCUT2D eigenvalue weighted by molar-refractivity contribution is 5.89. The molecule has 8 heteroatoms. The van der Waals surface area contributed by atoms with Gasteiger partial charge in [0.25, 0.3) is 0 Å². The molecule has 22 heavy (non-hydrogen) atoms. The van der Waals surface area contributed by atoms with Crippen molar-refractivity contribution in [1.82, 2.24) is 0 Å². The van der Waals surface area contributed by atoms with Crippen LogP contribution in [-0.4, -0.2) is 48.3 Å². The van der Waals surface area contributed by atoms with E-state index in [1.807, 2.05) is 0 Å². The Balaban J connectivity index is 5.41. The van der Waals surface area contributed by atoms with Crippen molar-refractivity contribution >= 4 is 23.9 Å². The third-order valence-electron chi connectivity index (χ3n) is 2.03. The second-order valence-electron chi connectivity index (χ2n) is 5.03. The zero-order valence-corrected chi connectivity index (χ0v) is 13.6. The van der Waals surface area contributed by atoms with Gasteiger partial charge in [-0.2, -0.15) is 0 Å². The molecule has 0 aliphatic heterocycles. The Hall–Kier alpha value is -2.12. The van der Waals surface area contributed by atoms with Crippen LogP contribution < -0.4 is 0 Å². The number of ether oxygens (including phenoxy) is 4. The summed E-state index contributed by atoms with van der Waals surface area (Å²) in [5, 5.41) is 0. The van der Waals surface area contributed by atoms with Crippen LogP contribution in [0.5, 0.6) is 0 Å². The third-order valence-corrected chi connectivity index (χ3v) is 2.03. The second kappa shape index (κ2) is 9.01. The summed E-state index contributed by atoms with van der Waals surface area (Å²) in [5.41, 5.74) is 0. The van der Waals surface area contributed by atoms with E-state index in [2.05, 4.69) is 0 Å². The molecule has 0 N–H and O–H groups in total. The standard InChI is InChI=1S/C14H22O8/c1-7(2)19-13(17)11(21-9(5)15)12(22-10(6)16)14(18)20-8(3)4/h7-8,11-12H,1-6H3/t11-,12-/m0/s1. The maximum atomic E-state index is 12.0. The molecule has 0 aromatic rings. The molecule has 0 heterocycles. The Kier molecular flexibility index (Phi) is 8.14. The van der Waals surface area contributed by atoms with Crippen LogP contribution in [0.3, 0.4) is 0 Å². The van der Waals surface area contributed by atoms with Crippen LogP contribution in [0.15, 0.2) is 0 Å². The first kappa shape index (κ1) is 19.9. The topological polar surface area (TPSA) is 105 Å². The van der Waals surface area contributed by atoms with Gasteiger partial charge in [-0.1, -0.05) is 0 Å². The number of hydrogen-bond donors (Lipinski definition) is 0. The van der Waals surface area contributed by atoms with Crippen molar-refractivity contribution in [1.29, 1.82) is 0 Å². The first-order chi connectivity index (χ1) is 10.0. The fraction of sp³-hybridized carbons (Fsp3) is 0.714. The normalized spacial score (nSPS) is 13.3. The largest absolute Gasteiger partial charge is 0.460 e. The molecular weight excluding hydrogens is 296 g/mol. The zero-order valence-electron chi connectivity index (χ0n) is 13.6. The van der Waals surface area contributed by atoms with Gasteiger partial charge in [-0.3, -0.25) is 9.59 Å². The molecule has 0 bridgehead atoms. The smallest absolute Gasteiger partial charge is 0.352 e. The number of esters is 4. The molecule has 0 saturated carbocycles. The predicted octanol–water partition coefficient (Wildman–Crippen LogP) is 0.753. The number of carbonyl (C=O) groups excluding carboxylic acids is 4. The number of carbonyl (C=O) groups is 4. The van der Waals surface area contributed by atoms with E-state index in [1.165, 1.54) is 0 Å². The molecule has 0 aliphatic rings. The Morgan fingerprint density at radius 2 is 0.864 bits per heavy atom. The SMILES string of the molecule is CC(=O)O[C@H](C(=O)OC(C)C)[C@H](OC(C)=O)C(=O)OC(C)C. The van der Waals surface area contributed by atoms with Crippen molar-refractivity contribution in [3.05, 3.63) is 0 Å². The van der Waals surface area contributed by atoms with Crippen LogP contribution in [0.1, 0.15) is 41.5 Å². The Bertz CT molecular complexity index is 387. The summed E-state index contributed by atoms with van der Waals surface area (Å²) in [4.78, 5) is 46.3. The summed E-state index contributed by atoms with van der Waals surface area (Å²) < 4.78 is 19.4. The van der Waals surface area contributed by atoms with E-state index in [0.29, 0.717) is 0 Å². The summed E-state index contributed by atoms with van der Waals surface area (Å²) in [6, 6.07) is 0. The van der Waals surface area contributed by atoms with Gasteiger partial charge in [0.1, 0.15) is 0 Å². The van der Waals surface area contributed by atoms with Gasteiger partial charge in [0, 0.05) is 13.8 Å². The van der Waals surface area contributed by atoms with E-state index in [-0.39, 0.29) is 0 Å².